The summed E-state index contributed by atoms with van der Waals surface area (Å²) in [5.41, 5.74) is 3.86. The van der Waals surface area contributed by atoms with Gasteiger partial charge >= 0.3 is 0 Å². The molecule has 1 fully saturated rings. The summed E-state index contributed by atoms with van der Waals surface area (Å²) >= 11 is 0. The fraction of sp³-hybridized carbons (Fsp3) is 0.162. The number of piperazine rings is 1. The molecule has 14 heteroatoms. The Hall–Kier alpha value is -6.70. The maximum Gasteiger partial charge on any atom is 0.277 e. The van der Waals surface area contributed by atoms with Crippen LogP contribution in [-0.4, -0.2) is 71.5 Å². The van der Waals surface area contributed by atoms with Crippen molar-refractivity contribution in [3.63, 3.8) is 0 Å². The van der Waals surface area contributed by atoms with Crippen LogP contribution < -0.4 is 21.3 Å². The van der Waals surface area contributed by atoms with Crippen LogP contribution in [0.25, 0.3) is 27.5 Å². The molecule has 4 aromatic heterocycles. The number of anilines is 3. The number of benzene rings is 3. The summed E-state index contributed by atoms with van der Waals surface area (Å²) in [4.78, 5) is 55.4. The van der Waals surface area contributed by atoms with Crippen LogP contribution in [0.2, 0.25) is 0 Å². The van der Waals surface area contributed by atoms with E-state index in [2.05, 4.69) is 35.4 Å². The number of pyridine rings is 1. The first-order chi connectivity index (χ1) is 24.8. The van der Waals surface area contributed by atoms with Crippen LogP contribution in [0, 0.1) is 5.82 Å². The van der Waals surface area contributed by atoms with Gasteiger partial charge in [-0.15, -0.1) is 0 Å². The molecule has 1 aliphatic heterocycles. The van der Waals surface area contributed by atoms with Crippen molar-refractivity contribution in [2.24, 2.45) is 7.05 Å². The number of halogens is 1. The highest BCUT2D eigenvalue weighted by atomic mass is 19.1. The molecule has 254 valence electrons. The number of carbonyl (C=O) groups is 1. The number of aromatic amines is 1. The summed E-state index contributed by atoms with van der Waals surface area (Å²) in [6, 6.07) is 23.1. The van der Waals surface area contributed by atoms with E-state index in [9.17, 15) is 18.8 Å². The highest BCUT2D eigenvalue weighted by molar-refractivity contribution is 5.95. The molecule has 0 unspecified atom stereocenters. The van der Waals surface area contributed by atoms with Crippen LogP contribution in [0.3, 0.4) is 0 Å². The van der Waals surface area contributed by atoms with Crippen LogP contribution in [0.15, 0.2) is 107 Å². The van der Waals surface area contributed by atoms with E-state index in [-0.39, 0.29) is 22.6 Å². The Bertz CT molecular complexity index is 2540. The standard InChI is InChI=1S/C37H31FN10O3/c1-45-35(50)30-22-40-37(42-33(30)48(45)26-12-14-39-15-13-26)41-24-7-9-25(10-8-24)46-16-18-47(19-17-46)36(51)29-20-23(6-11-31(29)38)21-32-27-4-2-3-5-28(27)34(49)44-43-32/h2-15,20,22H,16-19,21H2,1H3,(H,44,49)(H,40,41,42). The molecule has 13 nitrogen and oxygen atoms in total. The average Bonchev–Trinajstić information content (AvgIpc) is 3.42. The Labute approximate surface area is 289 Å². The normalized spacial score (nSPS) is 13.2. The summed E-state index contributed by atoms with van der Waals surface area (Å²) < 4.78 is 18.2. The molecular formula is C37H31FN10O3. The van der Waals surface area contributed by atoms with Crippen molar-refractivity contribution in [1.29, 1.82) is 0 Å². The zero-order valence-electron chi connectivity index (χ0n) is 27.5. The lowest BCUT2D eigenvalue weighted by molar-refractivity contribution is 0.0742. The highest BCUT2D eigenvalue weighted by Gasteiger charge is 2.25. The Kier molecular flexibility index (Phi) is 8.02. The summed E-state index contributed by atoms with van der Waals surface area (Å²) in [6.07, 6.45) is 5.16. The molecule has 1 saturated heterocycles. The molecule has 3 aromatic carbocycles. The average molecular weight is 683 g/mol. The maximum absolute atomic E-state index is 15.0. The smallest absolute Gasteiger partial charge is 0.277 e. The van der Waals surface area contributed by atoms with E-state index in [0.717, 1.165) is 17.1 Å². The molecule has 8 rings (SSSR count). The lowest BCUT2D eigenvalue weighted by Gasteiger charge is -2.36. The fourth-order valence-electron chi connectivity index (χ4n) is 6.50. The van der Waals surface area contributed by atoms with E-state index in [1.165, 1.54) is 16.9 Å². The monoisotopic (exact) mass is 682 g/mol. The van der Waals surface area contributed by atoms with Crippen molar-refractivity contribution in [3.05, 3.63) is 141 Å². The van der Waals surface area contributed by atoms with Crippen molar-refractivity contribution < 1.29 is 9.18 Å². The van der Waals surface area contributed by atoms with E-state index >= 15 is 0 Å². The minimum Gasteiger partial charge on any atom is -0.368 e. The number of hydrogen-bond acceptors (Lipinski definition) is 9. The molecule has 5 heterocycles. The number of fused-ring (bicyclic) bond motifs is 2. The van der Waals surface area contributed by atoms with Crippen LogP contribution in [0.5, 0.6) is 0 Å². The van der Waals surface area contributed by atoms with E-state index in [1.807, 2.05) is 36.4 Å². The number of rotatable bonds is 7. The van der Waals surface area contributed by atoms with Crippen molar-refractivity contribution in [2.75, 3.05) is 36.4 Å². The van der Waals surface area contributed by atoms with E-state index in [4.69, 9.17) is 0 Å². The van der Waals surface area contributed by atoms with Crippen LogP contribution >= 0.6 is 0 Å². The second-order valence-corrected chi connectivity index (χ2v) is 12.3. The first kappa shape index (κ1) is 31.6. The van der Waals surface area contributed by atoms with Gasteiger partial charge in [-0.2, -0.15) is 10.1 Å². The van der Waals surface area contributed by atoms with Crippen LogP contribution in [0.1, 0.15) is 21.6 Å². The Morgan fingerprint density at radius 1 is 0.882 bits per heavy atom. The van der Waals surface area contributed by atoms with Gasteiger partial charge in [-0.05, 0) is 60.2 Å². The van der Waals surface area contributed by atoms with Gasteiger partial charge in [-0.25, -0.2) is 23.8 Å². The number of H-pyrrole nitrogens is 1. The molecule has 0 bridgehead atoms. The third-order valence-corrected chi connectivity index (χ3v) is 9.16. The summed E-state index contributed by atoms with van der Waals surface area (Å²) in [6.45, 7) is 2.01. The molecular weight excluding hydrogens is 651 g/mol. The quantitative estimate of drug-likeness (QED) is 0.253. The van der Waals surface area contributed by atoms with E-state index in [0.29, 0.717) is 71.6 Å². The summed E-state index contributed by atoms with van der Waals surface area (Å²) in [5, 5.41) is 11.6. The molecule has 0 spiro atoms. The first-order valence-corrected chi connectivity index (χ1v) is 16.4. The van der Waals surface area contributed by atoms with Gasteiger partial charge in [0.25, 0.3) is 17.0 Å². The molecule has 7 aromatic rings. The van der Waals surface area contributed by atoms with Gasteiger partial charge in [0.05, 0.1) is 22.3 Å². The summed E-state index contributed by atoms with van der Waals surface area (Å²) in [5.74, 6) is -0.599. The first-order valence-electron chi connectivity index (χ1n) is 16.4. The maximum atomic E-state index is 15.0. The van der Waals surface area contributed by atoms with Crippen molar-refractivity contribution in [3.8, 4) is 5.69 Å². The molecule has 51 heavy (non-hydrogen) atoms. The lowest BCUT2D eigenvalue weighted by atomic mass is 10.0. The molecule has 0 aliphatic carbocycles. The molecule has 1 amide bonds. The van der Waals surface area contributed by atoms with Gasteiger partial charge in [0, 0.05) is 75.0 Å². The van der Waals surface area contributed by atoms with Gasteiger partial charge in [0.15, 0.2) is 5.65 Å². The largest absolute Gasteiger partial charge is 0.368 e. The summed E-state index contributed by atoms with van der Waals surface area (Å²) in [7, 11) is 1.68. The fourth-order valence-corrected chi connectivity index (χ4v) is 6.50. The zero-order valence-corrected chi connectivity index (χ0v) is 27.5. The minimum absolute atomic E-state index is 0.0128. The number of carbonyl (C=O) groups excluding carboxylic acids is 1. The molecule has 1 aliphatic rings. The number of aromatic nitrogens is 7. The van der Waals surface area contributed by atoms with Gasteiger partial charge in [0.1, 0.15) is 11.2 Å². The van der Waals surface area contributed by atoms with Crippen molar-refractivity contribution in [2.45, 2.75) is 6.42 Å². The Balaban J connectivity index is 0.928. The SMILES string of the molecule is Cn1c(=O)c2cnc(Nc3ccc(N4CCN(C(=O)c5cc(Cc6n[nH]c(=O)c7ccccc67)ccc5F)CC4)cc3)nc2n1-c1ccncc1. The van der Waals surface area contributed by atoms with Gasteiger partial charge < -0.3 is 15.1 Å². The minimum atomic E-state index is -0.579. The van der Waals surface area contributed by atoms with E-state index < -0.39 is 5.82 Å². The molecule has 0 atom stereocenters. The number of hydrogen-bond donors (Lipinski definition) is 2. The number of nitrogens with zero attached hydrogens (tertiary/aromatic N) is 8. The second-order valence-electron chi connectivity index (χ2n) is 12.3. The van der Waals surface area contributed by atoms with Gasteiger partial charge in [0.2, 0.25) is 5.95 Å². The topological polar surface area (TPSA) is 147 Å². The second kappa shape index (κ2) is 13.0. The Morgan fingerprint density at radius 3 is 2.39 bits per heavy atom. The predicted molar refractivity (Wildman–Crippen MR) is 191 cm³/mol. The number of nitrogens with one attached hydrogen (secondary N) is 2. The van der Waals surface area contributed by atoms with Crippen molar-refractivity contribution >= 4 is 45.0 Å². The third kappa shape index (κ3) is 5.96. The zero-order chi connectivity index (χ0) is 35.1. The van der Waals surface area contributed by atoms with Gasteiger partial charge in [-0.3, -0.25) is 19.4 Å². The van der Waals surface area contributed by atoms with Crippen LogP contribution in [0.4, 0.5) is 21.7 Å². The lowest BCUT2D eigenvalue weighted by Crippen LogP contribution is -2.49. The van der Waals surface area contributed by atoms with Crippen LogP contribution in [-0.2, 0) is 13.5 Å². The third-order valence-electron chi connectivity index (χ3n) is 9.16. The van der Waals surface area contributed by atoms with Gasteiger partial charge in [-0.1, -0.05) is 24.3 Å². The highest BCUT2D eigenvalue weighted by Crippen LogP contribution is 2.24. The Morgan fingerprint density at radius 2 is 1.63 bits per heavy atom. The number of amides is 1. The molecule has 2 N–H and O–H groups in total. The predicted octanol–water partition coefficient (Wildman–Crippen LogP) is 4.19. The molecule has 0 radical (unpaired) electrons. The van der Waals surface area contributed by atoms with E-state index in [1.54, 1.807) is 65.4 Å². The molecule has 0 saturated carbocycles. The van der Waals surface area contributed by atoms with Crippen molar-refractivity contribution in [1.82, 2.24) is 39.4 Å².